The number of amides is 2. The van der Waals surface area contributed by atoms with Crippen LogP contribution in [0.5, 0.6) is 0 Å². The number of carbonyl (C=O) groups is 2. The number of rotatable bonds is 3. The van der Waals surface area contributed by atoms with E-state index < -0.39 is 5.25 Å². The van der Waals surface area contributed by atoms with Gasteiger partial charge in [-0.3, -0.25) is 9.59 Å². The van der Waals surface area contributed by atoms with E-state index in [2.05, 4.69) is 15.6 Å². The van der Waals surface area contributed by atoms with E-state index in [1.165, 1.54) is 11.8 Å². The molecule has 3 aromatic rings. The number of fused-ring (bicyclic) bond motifs is 2. The first-order valence-electron chi connectivity index (χ1n) is 7.91. The Balaban J connectivity index is 1.45. The highest BCUT2D eigenvalue weighted by molar-refractivity contribution is 8.01. The normalized spacial score (nSPS) is 16.2. The number of benzene rings is 2. The maximum atomic E-state index is 12.3. The van der Waals surface area contributed by atoms with Crippen LogP contribution in [-0.2, 0) is 9.59 Å². The van der Waals surface area contributed by atoms with Crippen LogP contribution >= 0.6 is 11.8 Å². The molecule has 0 saturated heterocycles. The molecular weight excluding hydrogens is 334 g/mol. The van der Waals surface area contributed by atoms with Gasteiger partial charge in [0, 0.05) is 16.7 Å². The summed E-state index contributed by atoms with van der Waals surface area (Å²) in [6, 6.07) is 19.0. The molecule has 1 aliphatic rings. The van der Waals surface area contributed by atoms with Gasteiger partial charge in [-0.2, -0.15) is 0 Å². The fraction of sp³-hybridized carbons (Fsp3) is 0.105. The van der Waals surface area contributed by atoms with Gasteiger partial charge in [-0.05, 0) is 30.3 Å². The summed E-state index contributed by atoms with van der Waals surface area (Å²) < 4.78 is 0. The number of aromatic nitrogens is 1. The number of hydrogen-bond donors (Lipinski definition) is 2. The van der Waals surface area contributed by atoms with Gasteiger partial charge in [0.1, 0.15) is 5.82 Å². The van der Waals surface area contributed by atoms with Crippen molar-refractivity contribution in [3.8, 4) is 0 Å². The standard InChI is InChI=1S/C19H15N3O2S/c23-18(22-17-10-9-12-5-1-2-6-13(12)20-17)11-16-19(24)21-14-7-3-4-8-15(14)25-16/h1-10,16H,11H2,(H,21,24)(H,20,22,23). The summed E-state index contributed by atoms with van der Waals surface area (Å²) in [5.41, 5.74) is 1.62. The molecule has 1 atom stereocenters. The summed E-state index contributed by atoms with van der Waals surface area (Å²) in [4.78, 5) is 29.9. The lowest BCUT2D eigenvalue weighted by molar-refractivity contribution is -0.120. The van der Waals surface area contributed by atoms with Gasteiger partial charge in [0.2, 0.25) is 11.8 Å². The summed E-state index contributed by atoms with van der Waals surface area (Å²) in [7, 11) is 0. The Morgan fingerprint density at radius 1 is 1.08 bits per heavy atom. The first-order valence-corrected chi connectivity index (χ1v) is 8.79. The fourth-order valence-electron chi connectivity index (χ4n) is 2.72. The summed E-state index contributed by atoms with van der Waals surface area (Å²) >= 11 is 1.41. The predicted octanol–water partition coefficient (Wildman–Crippen LogP) is 3.68. The minimum Gasteiger partial charge on any atom is -0.324 e. The van der Waals surface area contributed by atoms with Crippen molar-refractivity contribution in [1.29, 1.82) is 0 Å². The highest BCUT2D eigenvalue weighted by Crippen LogP contribution is 2.36. The van der Waals surface area contributed by atoms with E-state index in [1.54, 1.807) is 6.07 Å². The minimum absolute atomic E-state index is 0.0966. The zero-order chi connectivity index (χ0) is 17.2. The molecule has 0 aliphatic carbocycles. The van der Waals surface area contributed by atoms with E-state index in [-0.39, 0.29) is 18.2 Å². The predicted molar refractivity (Wildman–Crippen MR) is 99.7 cm³/mol. The molecule has 6 heteroatoms. The molecule has 0 radical (unpaired) electrons. The monoisotopic (exact) mass is 349 g/mol. The zero-order valence-corrected chi connectivity index (χ0v) is 14.0. The third-order valence-corrected chi connectivity index (χ3v) is 5.22. The second-order valence-electron chi connectivity index (χ2n) is 5.73. The first kappa shape index (κ1) is 15.7. The molecule has 2 amide bonds. The number of thioether (sulfide) groups is 1. The van der Waals surface area contributed by atoms with Crippen molar-refractivity contribution in [3.05, 3.63) is 60.7 Å². The molecule has 124 valence electrons. The van der Waals surface area contributed by atoms with Gasteiger partial charge in [-0.1, -0.05) is 30.3 Å². The third kappa shape index (κ3) is 3.34. The number of nitrogens with zero attached hydrogens (tertiary/aromatic N) is 1. The van der Waals surface area contributed by atoms with Crippen LogP contribution < -0.4 is 10.6 Å². The number of carbonyl (C=O) groups excluding carboxylic acids is 2. The molecule has 1 aliphatic heterocycles. The Morgan fingerprint density at radius 2 is 1.88 bits per heavy atom. The number of nitrogens with one attached hydrogen (secondary N) is 2. The molecule has 1 unspecified atom stereocenters. The molecule has 0 spiro atoms. The highest BCUT2D eigenvalue weighted by atomic mass is 32.2. The van der Waals surface area contributed by atoms with E-state index in [0.717, 1.165) is 21.5 Å². The van der Waals surface area contributed by atoms with Crippen LogP contribution in [0, 0.1) is 0 Å². The van der Waals surface area contributed by atoms with Crippen molar-refractivity contribution < 1.29 is 9.59 Å². The average Bonchev–Trinajstić information content (AvgIpc) is 2.62. The van der Waals surface area contributed by atoms with Crippen LogP contribution in [0.1, 0.15) is 6.42 Å². The number of hydrogen-bond acceptors (Lipinski definition) is 4. The number of anilines is 2. The largest absolute Gasteiger partial charge is 0.324 e. The van der Waals surface area contributed by atoms with Gasteiger partial charge < -0.3 is 10.6 Å². The smallest absolute Gasteiger partial charge is 0.238 e. The molecule has 4 rings (SSSR count). The Hall–Kier alpha value is -2.86. The van der Waals surface area contributed by atoms with Crippen LogP contribution in [0.3, 0.4) is 0 Å². The second-order valence-corrected chi connectivity index (χ2v) is 6.98. The fourth-order valence-corrected chi connectivity index (χ4v) is 3.84. The van der Waals surface area contributed by atoms with Crippen LogP contribution in [0.25, 0.3) is 10.9 Å². The van der Waals surface area contributed by atoms with Gasteiger partial charge >= 0.3 is 0 Å². The van der Waals surface area contributed by atoms with Crippen molar-refractivity contribution >= 4 is 46.0 Å². The Labute approximate surface area is 148 Å². The topological polar surface area (TPSA) is 71.1 Å². The van der Waals surface area contributed by atoms with Crippen molar-refractivity contribution in [2.24, 2.45) is 0 Å². The summed E-state index contributed by atoms with van der Waals surface area (Å²) in [5, 5.41) is 6.19. The van der Waals surface area contributed by atoms with Crippen molar-refractivity contribution in [3.63, 3.8) is 0 Å². The molecule has 25 heavy (non-hydrogen) atoms. The Kier molecular flexibility index (Phi) is 4.11. The van der Waals surface area contributed by atoms with Crippen LogP contribution in [0.2, 0.25) is 0 Å². The third-order valence-electron chi connectivity index (χ3n) is 3.94. The summed E-state index contributed by atoms with van der Waals surface area (Å²) in [5.74, 6) is 0.116. The van der Waals surface area contributed by atoms with Crippen LogP contribution in [0.4, 0.5) is 11.5 Å². The van der Waals surface area contributed by atoms with Gasteiger partial charge in [-0.15, -0.1) is 11.8 Å². The Bertz CT molecular complexity index is 974. The molecule has 1 aromatic heterocycles. The first-order chi connectivity index (χ1) is 12.2. The highest BCUT2D eigenvalue weighted by Gasteiger charge is 2.28. The molecule has 0 saturated carbocycles. The molecule has 0 fully saturated rings. The lowest BCUT2D eigenvalue weighted by Crippen LogP contribution is -2.32. The van der Waals surface area contributed by atoms with Crippen molar-refractivity contribution in [1.82, 2.24) is 4.98 Å². The van der Waals surface area contributed by atoms with Crippen LogP contribution in [0.15, 0.2) is 65.6 Å². The Morgan fingerprint density at radius 3 is 2.80 bits per heavy atom. The van der Waals surface area contributed by atoms with Gasteiger partial charge in [0.25, 0.3) is 0 Å². The van der Waals surface area contributed by atoms with Gasteiger partial charge in [-0.25, -0.2) is 4.98 Å². The summed E-state index contributed by atoms with van der Waals surface area (Å²) in [6.07, 6.45) is 0.0966. The molecule has 2 heterocycles. The minimum atomic E-state index is -0.449. The second kappa shape index (κ2) is 6.57. The lowest BCUT2D eigenvalue weighted by atomic mass is 10.2. The molecular formula is C19H15N3O2S. The number of para-hydroxylation sites is 2. The van der Waals surface area contributed by atoms with Crippen molar-refractivity contribution in [2.75, 3.05) is 10.6 Å². The molecule has 0 bridgehead atoms. The van der Waals surface area contributed by atoms with Gasteiger partial charge in [0.05, 0.1) is 16.5 Å². The lowest BCUT2D eigenvalue weighted by Gasteiger charge is -2.23. The summed E-state index contributed by atoms with van der Waals surface area (Å²) in [6.45, 7) is 0. The van der Waals surface area contributed by atoms with E-state index >= 15 is 0 Å². The maximum Gasteiger partial charge on any atom is 0.238 e. The molecule has 2 aromatic carbocycles. The van der Waals surface area contributed by atoms with E-state index in [1.807, 2.05) is 54.6 Å². The quantitative estimate of drug-likeness (QED) is 0.757. The molecule has 5 nitrogen and oxygen atoms in total. The van der Waals surface area contributed by atoms with Gasteiger partial charge in [0.15, 0.2) is 0 Å². The maximum absolute atomic E-state index is 12.3. The SMILES string of the molecule is O=C(CC1Sc2ccccc2NC1=O)Nc1ccc2ccccc2n1. The van der Waals surface area contributed by atoms with E-state index in [4.69, 9.17) is 0 Å². The van der Waals surface area contributed by atoms with Crippen molar-refractivity contribution in [2.45, 2.75) is 16.6 Å². The van der Waals surface area contributed by atoms with E-state index in [0.29, 0.717) is 5.82 Å². The van der Waals surface area contributed by atoms with E-state index in [9.17, 15) is 9.59 Å². The van der Waals surface area contributed by atoms with Crippen LogP contribution in [-0.4, -0.2) is 22.0 Å². The molecule has 2 N–H and O–H groups in total. The average molecular weight is 349 g/mol. The zero-order valence-electron chi connectivity index (χ0n) is 13.2. The number of pyridine rings is 1.